The third kappa shape index (κ3) is 2.26. The smallest absolute Gasteiger partial charge is 0.142 e. The number of hydrogen-bond acceptors (Lipinski definition) is 4. The Kier molecular flexibility index (Phi) is 2.97. The zero-order chi connectivity index (χ0) is 9.68. The number of rotatable bonds is 2. The van der Waals surface area contributed by atoms with E-state index in [1.165, 1.54) is 0 Å². The van der Waals surface area contributed by atoms with Gasteiger partial charge in [0.15, 0.2) is 0 Å². The van der Waals surface area contributed by atoms with Crippen molar-refractivity contribution in [3.8, 4) is 12.1 Å². The number of nitriles is 2. The van der Waals surface area contributed by atoms with Gasteiger partial charge in [-0.2, -0.15) is 10.5 Å². The summed E-state index contributed by atoms with van der Waals surface area (Å²) in [6.07, 6.45) is 0.659. The maximum absolute atomic E-state index is 8.60. The van der Waals surface area contributed by atoms with Crippen LogP contribution in [0.15, 0.2) is 12.1 Å². The van der Waals surface area contributed by atoms with Gasteiger partial charge in [0.1, 0.15) is 23.5 Å². The molecular weight excluding hydrogens is 164 g/mol. The highest BCUT2D eigenvalue weighted by atomic mass is 14.7. The zero-order valence-corrected chi connectivity index (χ0v) is 6.99. The summed E-state index contributed by atoms with van der Waals surface area (Å²) in [6.45, 7) is 0.500. The van der Waals surface area contributed by atoms with Crippen molar-refractivity contribution in [1.29, 1.82) is 10.5 Å². The zero-order valence-electron chi connectivity index (χ0n) is 6.99. The molecule has 0 aliphatic heterocycles. The van der Waals surface area contributed by atoms with Gasteiger partial charge in [0.05, 0.1) is 0 Å². The van der Waals surface area contributed by atoms with E-state index < -0.39 is 0 Å². The van der Waals surface area contributed by atoms with E-state index in [1.54, 1.807) is 12.1 Å². The molecule has 0 unspecified atom stereocenters. The monoisotopic (exact) mass is 172 g/mol. The highest BCUT2D eigenvalue weighted by molar-refractivity contribution is 5.33. The van der Waals surface area contributed by atoms with Crippen LogP contribution in [-0.4, -0.2) is 11.5 Å². The van der Waals surface area contributed by atoms with Crippen LogP contribution in [0.25, 0.3) is 0 Å². The summed E-state index contributed by atoms with van der Waals surface area (Å²) in [6, 6.07) is 7.09. The number of pyridine rings is 1. The molecule has 0 aliphatic rings. The van der Waals surface area contributed by atoms with E-state index in [4.69, 9.17) is 16.3 Å². The van der Waals surface area contributed by atoms with Crippen LogP contribution < -0.4 is 5.73 Å². The second-order valence-corrected chi connectivity index (χ2v) is 2.51. The van der Waals surface area contributed by atoms with Crippen LogP contribution in [0.3, 0.4) is 0 Å². The molecule has 0 amide bonds. The third-order valence-corrected chi connectivity index (χ3v) is 1.55. The number of hydrogen-bond donors (Lipinski definition) is 1. The standard InChI is InChI=1S/C9H8N4/c10-2-1-7-3-8(5-11)13-9(4-7)6-12/h3-4H,1-2,10H2. The first-order valence-corrected chi connectivity index (χ1v) is 3.81. The molecule has 1 aromatic heterocycles. The van der Waals surface area contributed by atoms with Gasteiger partial charge in [-0.05, 0) is 30.7 Å². The Balaban J connectivity index is 3.11. The minimum Gasteiger partial charge on any atom is -0.330 e. The molecule has 2 N–H and O–H groups in total. The molecule has 0 aromatic carbocycles. The number of nitrogens with zero attached hydrogens (tertiary/aromatic N) is 3. The van der Waals surface area contributed by atoms with Gasteiger partial charge in [0.25, 0.3) is 0 Å². The summed E-state index contributed by atoms with van der Waals surface area (Å²) in [4.78, 5) is 3.79. The Labute approximate surface area is 76.2 Å². The van der Waals surface area contributed by atoms with E-state index in [2.05, 4.69) is 4.98 Å². The van der Waals surface area contributed by atoms with Crippen molar-refractivity contribution >= 4 is 0 Å². The lowest BCUT2D eigenvalue weighted by molar-refractivity contribution is 0.959. The molecule has 4 nitrogen and oxygen atoms in total. The fourth-order valence-corrected chi connectivity index (χ4v) is 1.01. The number of aromatic nitrogens is 1. The summed E-state index contributed by atoms with van der Waals surface area (Å²) in [5.74, 6) is 0. The molecule has 0 radical (unpaired) electrons. The van der Waals surface area contributed by atoms with Crippen molar-refractivity contribution in [2.45, 2.75) is 6.42 Å². The van der Waals surface area contributed by atoms with Gasteiger partial charge in [0, 0.05) is 0 Å². The second kappa shape index (κ2) is 4.20. The lowest BCUT2D eigenvalue weighted by atomic mass is 10.1. The maximum atomic E-state index is 8.60. The van der Waals surface area contributed by atoms with Crippen molar-refractivity contribution in [3.05, 3.63) is 29.1 Å². The molecule has 0 spiro atoms. The molecule has 64 valence electrons. The average Bonchev–Trinajstić information content (AvgIpc) is 2.17. The Morgan fingerprint density at radius 3 is 2.15 bits per heavy atom. The van der Waals surface area contributed by atoms with E-state index in [9.17, 15) is 0 Å². The van der Waals surface area contributed by atoms with Gasteiger partial charge >= 0.3 is 0 Å². The lowest BCUT2D eigenvalue weighted by Crippen LogP contribution is -2.04. The Hall–Kier alpha value is -1.91. The van der Waals surface area contributed by atoms with Crippen LogP contribution in [0.5, 0.6) is 0 Å². The molecule has 1 aromatic rings. The van der Waals surface area contributed by atoms with Crippen molar-refractivity contribution in [1.82, 2.24) is 4.98 Å². The van der Waals surface area contributed by atoms with Crippen molar-refractivity contribution < 1.29 is 0 Å². The van der Waals surface area contributed by atoms with E-state index in [0.717, 1.165) is 5.56 Å². The molecular formula is C9H8N4. The minimum absolute atomic E-state index is 0.266. The predicted octanol–water partition coefficient (Wildman–Crippen LogP) is 0.326. The van der Waals surface area contributed by atoms with Gasteiger partial charge in [-0.25, -0.2) is 4.98 Å². The molecule has 0 saturated carbocycles. The molecule has 0 saturated heterocycles. The van der Waals surface area contributed by atoms with Gasteiger partial charge in [-0.15, -0.1) is 0 Å². The first kappa shape index (κ1) is 9.18. The summed E-state index contributed by atoms with van der Waals surface area (Å²) in [7, 11) is 0. The lowest BCUT2D eigenvalue weighted by Gasteiger charge is -1.98. The second-order valence-electron chi connectivity index (χ2n) is 2.51. The highest BCUT2D eigenvalue weighted by Crippen LogP contribution is 2.05. The normalized spacial score (nSPS) is 8.85. The van der Waals surface area contributed by atoms with Crippen molar-refractivity contribution in [2.75, 3.05) is 6.54 Å². The fourth-order valence-electron chi connectivity index (χ4n) is 1.01. The van der Waals surface area contributed by atoms with Crippen LogP contribution in [0.2, 0.25) is 0 Å². The van der Waals surface area contributed by atoms with Gasteiger partial charge in [-0.1, -0.05) is 0 Å². The molecule has 0 bridgehead atoms. The highest BCUT2D eigenvalue weighted by Gasteiger charge is 2.00. The molecule has 0 atom stereocenters. The van der Waals surface area contributed by atoms with Gasteiger partial charge < -0.3 is 5.73 Å². The van der Waals surface area contributed by atoms with Crippen LogP contribution in [0.4, 0.5) is 0 Å². The average molecular weight is 172 g/mol. The Morgan fingerprint density at radius 1 is 1.23 bits per heavy atom. The summed E-state index contributed by atoms with van der Waals surface area (Å²) >= 11 is 0. The molecule has 0 aliphatic carbocycles. The number of nitrogens with two attached hydrogens (primary N) is 1. The topological polar surface area (TPSA) is 86.5 Å². The van der Waals surface area contributed by atoms with Gasteiger partial charge in [-0.3, -0.25) is 0 Å². The molecule has 0 fully saturated rings. The van der Waals surface area contributed by atoms with Crippen LogP contribution in [0, 0.1) is 22.7 Å². The summed E-state index contributed by atoms with van der Waals surface area (Å²) in [5, 5.41) is 17.2. The first-order chi connectivity index (χ1) is 6.30. The van der Waals surface area contributed by atoms with E-state index >= 15 is 0 Å². The quantitative estimate of drug-likeness (QED) is 0.696. The predicted molar refractivity (Wildman–Crippen MR) is 46.4 cm³/mol. The van der Waals surface area contributed by atoms with E-state index in [0.29, 0.717) is 13.0 Å². The van der Waals surface area contributed by atoms with E-state index in [1.807, 2.05) is 12.1 Å². The Bertz CT molecular complexity index is 351. The third-order valence-electron chi connectivity index (χ3n) is 1.55. The Morgan fingerprint density at radius 2 is 1.77 bits per heavy atom. The molecule has 4 heteroatoms. The van der Waals surface area contributed by atoms with Crippen molar-refractivity contribution in [2.24, 2.45) is 5.73 Å². The van der Waals surface area contributed by atoms with Crippen LogP contribution >= 0.6 is 0 Å². The summed E-state index contributed by atoms with van der Waals surface area (Å²) < 4.78 is 0. The molecule has 13 heavy (non-hydrogen) atoms. The summed E-state index contributed by atoms with van der Waals surface area (Å²) in [5.41, 5.74) is 6.77. The first-order valence-electron chi connectivity index (χ1n) is 3.81. The van der Waals surface area contributed by atoms with Crippen LogP contribution in [0.1, 0.15) is 17.0 Å². The largest absolute Gasteiger partial charge is 0.330 e. The minimum atomic E-state index is 0.266. The molecule has 1 heterocycles. The molecule has 1 rings (SSSR count). The van der Waals surface area contributed by atoms with Crippen molar-refractivity contribution in [3.63, 3.8) is 0 Å². The SMILES string of the molecule is N#Cc1cc(CCN)cc(C#N)n1. The fraction of sp³-hybridized carbons (Fsp3) is 0.222. The van der Waals surface area contributed by atoms with Gasteiger partial charge in [0.2, 0.25) is 0 Å². The maximum Gasteiger partial charge on any atom is 0.142 e. The van der Waals surface area contributed by atoms with Crippen LogP contribution in [-0.2, 0) is 6.42 Å². The van der Waals surface area contributed by atoms with E-state index in [-0.39, 0.29) is 11.4 Å².